The second-order valence-corrected chi connectivity index (χ2v) is 7.64. The number of fused-ring (bicyclic) bond motifs is 1. The van der Waals surface area contributed by atoms with E-state index in [-0.39, 0.29) is 11.7 Å². The molecule has 0 aliphatic heterocycles. The first-order chi connectivity index (χ1) is 13.1. The lowest BCUT2D eigenvalue weighted by Gasteiger charge is -2.13. The largest absolute Gasteiger partial charge is 0.452 e. The van der Waals surface area contributed by atoms with Crippen molar-refractivity contribution in [1.29, 1.82) is 0 Å². The number of aromatic nitrogens is 2. The van der Waals surface area contributed by atoms with Crippen LogP contribution in [-0.2, 0) is 20.7 Å². The molecular weight excluding hydrogens is 382 g/mol. The Balaban J connectivity index is 1.50. The van der Waals surface area contributed by atoms with Gasteiger partial charge in [0.15, 0.2) is 6.10 Å². The van der Waals surface area contributed by atoms with Crippen molar-refractivity contribution in [3.05, 3.63) is 47.6 Å². The maximum Gasteiger partial charge on any atom is 0.317 e. The van der Waals surface area contributed by atoms with Gasteiger partial charge in [0.25, 0.3) is 5.91 Å². The Morgan fingerprint density at radius 2 is 2.00 bits per heavy atom. The number of nitrogens with zero attached hydrogens (tertiary/aromatic N) is 2. The lowest BCUT2D eigenvalue weighted by atomic mass is 10.1. The molecule has 0 fully saturated rings. The van der Waals surface area contributed by atoms with Gasteiger partial charge >= 0.3 is 5.97 Å². The molecule has 2 heterocycles. The van der Waals surface area contributed by atoms with Crippen molar-refractivity contribution in [2.24, 2.45) is 0 Å². The third-order valence-corrected chi connectivity index (χ3v) is 5.66. The first-order valence-corrected chi connectivity index (χ1v) is 10.3. The van der Waals surface area contributed by atoms with Gasteiger partial charge < -0.3 is 10.1 Å². The van der Waals surface area contributed by atoms with Gasteiger partial charge in [0.2, 0.25) is 0 Å². The molecule has 0 aliphatic carbocycles. The Bertz CT molecular complexity index is 941. The zero-order valence-electron chi connectivity index (χ0n) is 15.0. The summed E-state index contributed by atoms with van der Waals surface area (Å²) in [6, 6.07) is 9.50. The van der Waals surface area contributed by atoms with E-state index in [0.717, 1.165) is 21.7 Å². The van der Waals surface area contributed by atoms with E-state index in [1.807, 2.05) is 35.7 Å². The fraction of sp³-hybridized carbons (Fsp3) is 0.263. The number of thioether (sulfide) groups is 1. The molecule has 0 radical (unpaired) electrons. The van der Waals surface area contributed by atoms with Crippen LogP contribution in [0.5, 0.6) is 0 Å². The molecule has 1 aromatic carbocycles. The van der Waals surface area contributed by atoms with E-state index in [2.05, 4.69) is 22.2 Å². The van der Waals surface area contributed by atoms with Crippen molar-refractivity contribution >= 4 is 50.9 Å². The highest BCUT2D eigenvalue weighted by molar-refractivity contribution is 8.00. The summed E-state index contributed by atoms with van der Waals surface area (Å²) in [5, 5.41) is 6.33. The van der Waals surface area contributed by atoms with Gasteiger partial charge in [-0.25, -0.2) is 9.97 Å². The summed E-state index contributed by atoms with van der Waals surface area (Å²) < 4.78 is 5.23. The Labute approximate surface area is 165 Å². The summed E-state index contributed by atoms with van der Waals surface area (Å²) in [7, 11) is 0. The average Bonchev–Trinajstić information content (AvgIpc) is 3.16. The number of benzene rings is 1. The highest BCUT2D eigenvalue weighted by Gasteiger charge is 2.18. The summed E-state index contributed by atoms with van der Waals surface area (Å²) in [5.41, 5.74) is 1.87. The number of thiophene rings is 1. The first-order valence-electron chi connectivity index (χ1n) is 8.47. The molecule has 1 N–H and O–H groups in total. The summed E-state index contributed by atoms with van der Waals surface area (Å²) >= 11 is 2.79. The minimum Gasteiger partial charge on any atom is -0.452 e. The van der Waals surface area contributed by atoms with Crippen LogP contribution in [-0.4, -0.2) is 33.7 Å². The zero-order valence-corrected chi connectivity index (χ0v) is 16.6. The molecule has 0 bridgehead atoms. The molecule has 0 unspecified atom stereocenters. The fourth-order valence-corrected chi connectivity index (χ4v) is 3.92. The Hall–Kier alpha value is -2.45. The second-order valence-electron chi connectivity index (χ2n) is 5.78. The van der Waals surface area contributed by atoms with Crippen LogP contribution in [0, 0.1) is 0 Å². The predicted octanol–water partition coefficient (Wildman–Crippen LogP) is 3.92. The number of esters is 1. The SMILES string of the molecule is CCc1ccc(NC(=O)[C@@H](C)OC(=O)CSc2ncnc3sccc23)cc1. The van der Waals surface area contributed by atoms with E-state index < -0.39 is 12.1 Å². The number of hydrogen-bond donors (Lipinski definition) is 1. The van der Waals surface area contributed by atoms with Crippen LogP contribution in [0.4, 0.5) is 5.69 Å². The minimum atomic E-state index is -0.879. The van der Waals surface area contributed by atoms with E-state index in [1.165, 1.54) is 35.0 Å². The third kappa shape index (κ3) is 5.05. The first kappa shape index (κ1) is 19.3. The van der Waals surface area contributed by atoms with E-state index in [0.29, 0.717) is 5.69 Å². The molecule has 3 aromatic rings. The summed E-state index contributed by atoms with van der Waals surface area (Å²) in [5.74, 6) is -0.754. The van der Waals surface area contributed by atoms with Crippen molar-refractivity contribution in [3.63, 3.8) is 0 Å². The van der Waals surface area contributed by atoms with Crippen LogP contribution in [0.25, 0.3) is 10.2 Å². The smallest absolute Gasteiger partial charge is 0.317 e. The van der Waals surface area contributed by atoms with Crippen LogP contribution in [0.15, 0.2) is 47.1 Å². The predicted molar refractivity (Wildman–Crippen MR) is 108 cm³/mol. The van der Waals surface area contributed by atoms with E-state index in [9.17, 15) is 9.59 Å². The Morgan fingerprint density at radius 3 is 2.74 bits per heavy atom. The van der Waals surface area contributed by atoms with Gasteiger partial charge in [0, 0.05) is 11.1 Å². The molecule has 1 amide bonds. The standard InChI is InChI=1S/C19H19N3O3S2/c1-3-13-4-6-14(7-5-13)22-17(24)12(2)25-16(23)10-27-19-15-8-9-26-18(15)20-11-21-19/h4-9,11-12H,3,10H2,1-2H3,(H,22,24)/t12-/m1/s1. The van der Waals surface area contributed by atoms with Gasteiger partial charge in [-0.3, -0.25) is 9.59 Å². The number of anilines is 1. The van der Waals surface area contributed by atoms with Crippen molar-refractivity contribution in [2.45, 2.75) is 31.4 Å². The highest BCUT2D eigenvalue weighted by Crippen LogP contribution is 2.27. The topological polar surface area (TPSA) is 81.2 Å². The molecule has 0 saturated heterocycles. The lowest BCUT2D eigenvalue weighted by Crippen LogP contribution is -2.30. The maximum atomic E-state index is 12.2. The van der Waals surface area contributed by atoms with E-state index >= 15 is 0 Å². The summed E-state index contributed by atoms with van der Waals surface area (Å²) in [6.07, 6.45) is 1.53. The number of aryl methyl sites for hydroxylation is 1. The van der Waals surface area contributed by atoms with Gasteiger partial charge in [-0.2, -0.15) is 0 Å². The zero-order chi connectivity index (χ0) is 19.2. The molecule has 2 aromatic heterocycles. The number of nitrogens with one attached hydrogen (secondary N) is 1. The van der Waals surface area contributed by atoms with Crippen molar-refractivity contribution in [2.75, 3.05) is 11.1 Å². The molecule has 0 saturated carbocycles. The monoisotopic (exact) mass is 401 g/mol. The van der Waals surface area contributed by atoms with Crippen molar-refractivity contribution in [3.8, 4) is 0 Å². The number of ether oxygens (including phenoxy) is 1. The molecule has 0 spiro atoms. The summed E-state index contributed by atoms with van der Waals surface area (Å²) in [4.78, 5) is 33.5. The molecule has 6 nitrogen and oxygen atoms in total. The lowest BCUT2D eigenvalue weighted by molar-refractivity contribution is -0.150. The average molecular weight is 402 g/mol. The van der Waals surface area contributed by atoms with Gasteiger partial charge in [-0.05, 0) is 42.5 Å². The Morgan fingerprint density at radius 1 is 1.22 bits per heavy atom. The van der Waals surface area contributed by atoms with E-state index in [4.69, 9.17) is 4.74 Å². The van der Waals surface area contributed by atoms with Crippen molar-refractivity contribution < 1.29 is 14.3 Å². The van der Waals surface area contributed by atoms with Gasteiger partial charge in [0.05, 0.1) is 5.75 Å². The fourth-order valence-electron chi connectivity index (χ4n) is 2.36. The second kappa shape index (κ2) is 8.96. The third-order valence-electron chi connectivity index (χ3n) is 3.86. The van der Waals surface area contributed by atoms with Crippen molar-refractivity contribution in [1.82, 2.24) is 9.97 Å². The minimum absolute atomic E-state index is 0.0742. The molecule has 8 heteroatoms. The van der Waals surface area contributed by atoms with Gasteiger partial charge in [-0.15, -0.1) is 11.3 Å². The quantitative estimate of drug-likeness (QED) is 0.367. The molecule has 0 aliphatic rings. The molecule has 1 atom stereocenters. The number of hydrogen-bond acceptors (Lipinski definition) is 7. The number of carbonyl (C=O) groups excluding carboxylic acids is 2. The molecular formula is C19H19N3O3S2. The molecule has 27 heavy (non-hydrogen) atoms. The molecule has 3 rings (SSSR count). The Kier molecular flexibility index (Phi) is 6.41. The van der Waals surface area contributed by atoms with E-state index in [1.54, 1.807) is 6.92 Å². The summed E-state index contributed by atoms with van der Waals surface area (Å²) in [6.45, 7) is 3.62. The van der Waals surface area contributed by atoms with Crippen LogP contribution >= 0.6 is 23.1 Å². The van der Waals surface area contributed by atoms with Gasteiger partial charge in [-0.1, -0.05) is 30.8 Å². The number of amides is 1. The normalized spacial score (nSPS) is 11.9. The number of carbonyl (C=O) groups is 2. The van der Waals surface area contributed by atoms with Crippen LogP contribution in [0.2, 0.25) is 0 Å². The van der Waals surface area contributed by atoms with Crippen LogP contribution in [0.3, 0.4) is 0 Å². The number of rotatable bonds is 7. The van der Waals surface area contributed by atoms with Crippen LogP contribution in [0.1, 0.15) is 19.4 Å². The maximum absolute atomic E-state index is 12.2. The van der Waals surface area contributed by atoms with Crippen LogP contribution < -0.4 is 5.32 Å². The molecule has 140 valence electrons. The van der Waals surface area contributed by atoms with Gasteiger partial charge in [0.1, 0.15) is 16.2 Å². The highest BCUT2D eigenvalue weighted by atomic mass is 32.2.